The Labute approximate surface area is 169 Å². The standard InChI is InChI=1S/C19H34N4O.HI/c1-5-17(6-2)15-22-19(20-7-3)21-13-8-9-14-23-16(4)11-10-12-18(23)24;/h10-12,17H,5-9,13-15H2,1-4H3,(H2,20,21,22);1H. The Morgan fingerprint density at radius 1 is 1.16 bits per heavy atom. The molecule has 0 spiro atoms. The number of aromatic nitrogens is 1. The normalized spacial score (nSPS) is 11.3. The summed E-state index contributed by atoms with van der Waals surface area (Å²) in [6.45, 7) is 11.9. The molecule has 0 aromatic carbocycles. The van der Waals surface area contributed by atoms with Gasteiger partial charge in [-0.3, -0.25) is 9.79 Å². The maximum absolute atomic E-state index is 11.8. The number of nitrogens with one attached hydrogen (secondary N) is 2. The summed E-state index contributed by atoms with van der Waals surface area (Å²) in [4.78, 5) is 16.5. The third-order valence-electron chi connectivity index (χ3n) is 4.38. The van der Waals surface area contributed by atoms with Crippen LogP contribution < -0.4 is 16.2 Å². The summed E-state index contributed by atoms with van der Waals surface area (Å²) in [6.07, 6.45) is 4.33. The number of pyridine rings is 1. The molecule has 0 amide bonds. The number of rotatable bonds is 10. The first-order valence-electron chi connectivity index (χ1n) is 9.30. The van der Waals surface area contributed by atoms with Crippen LogP contribution in [0.4, 0.5) is 0 Å². The predicted octanol–water partition coefficient (Wildman–Crippen LogP) is 3.55. The minimum atomic E-state index is 0. The van der Waals surface area contributed by atoms with Gasteiger partial charge in [0.1, 0.15) is 0 Å². The van der Waals surface area contributed by atoms with Gasteiger partial charge >= 0.3 is 0 Å². The van der Waals surface area contributed by atoms with E-state index in [-0.39, 0.29) is 29.5 Å². The summed E-state index contributed by atoms with van der Waals surface area (Å²) in [5.41, 5.74) is 1.11. The molecule has 0 aliphatic carbocycles. The van der Waals surface area contributed by atoms with Gasteiger partial charge < -0.3 is 15.2 Å². The fraction of sp³-hybridized carbons (Fsp3) is 0.684. The van der Waals surface area contributed by atoms with Crippen molar-refractivity contribution in [1.82, 2.24) is 15.2 Å². The molecule has 0 saturated carbocycles. The Bertz CT molecular complexity index is 553. The van der Waals surface area contributed by atoms with E-state index in [1.807, 2.05) is 23.6 Å². The lowest BCUT2D eigenvalue weighted by molar-refractivity contribution is 0.503. The monoisotopic (exact) mass is 462 g/mol. The second kappa shape index (κ2) is 14.2. The van der Waals surface area contributed by atoms with Gasteiger partial charge in [0, 0.05) is 37.9 Å². The zero-order valence-electron chi connectivity index (χ0n) is 16.2. The summed E-state index contributed by atoms with van der Waals surface area (Å²) >= 11 is 0. The highest BCUT2D eigenvalue weighted by Gasteiger charge is 2.04. The van der Waals surface area contributed by atoms with Crippen LogP contribution in [0.15, 0.2) is 28.0 Å². The van der Waals surface area contributed by atoms with E-state index >= 15 is 0 Å². The second-order valence-corrected chi connectivity index (χ2v) is 6.19. The van der Waals surface area contributed by atoms with Crippen LogP contribution >= 0.6 is 24.0 Å². The molecule has 0 bridgehead atoms. The highest BCUT2D eigenvalue weighted by atomic mass is 127. The molecule has 144 valence electrons. The van der Waals surface area contributed by atoms with Crippen LogP contribution in [0.5, 0.6) is 0 Å². The molecule has 25 heavy (non-hydrogen) atoms. The van der Waals surface area contributed by atoms with Crippen LogP contribution in [0.2, 0.25) is 0 Å². The molecular formula is C19H35IN4O. The molecule has 0 aliphatic rings. The number of aliphatic imine (C=N–C) groups is 1. The summed E-state index contributed by atoms with van der Waals surface area (Å²) in [5.74, 6) is 1.56. The van der Waals surface area contributed by atoms with Gasteiger partial charge in [0.15, 0.2) is 5.96 Å². The van der Waals surface area contributed by atoms with Gasteiger partial charge in [0.25, 0.3) is 5.56 Å². The molecule has 0 atom stereocenters. The van der Waals surface area contributed by atoms with Crippen LogP contribution in [0.25, 0.3) is 0 Å². The fourth-order valence-corrected chi connectivity index (χ4v) is 2.62. The lowest BCUT2D eigenvalue weighted by atomic mass is 10.0. The Morgan fingerprint density at radius 3 is 2.48 bits per heavy atom. The summed E-state index contributed by atoms with van der Waals surface area (Å²) in [5, 5.41) is 6.69. The average Bonchev–Trinajstić information content (AvgIpc) is 2.57. The number of aryl methyl sites for hydroxylation is 1. The minimum absolute atomic E-state index is 0. The largest absolute Gasteiger partial charge is 0.357 e. The van der Waals surface area contributed by atoms with E-state index in [0.29, 0.717) is 5.92 Å². The first kappa shape index (κ1) is 23.9. The van der Waals surface area contributed by atoms with Crippen LogP contribution in [-0.2, 0) is 6.54 Å². The van der Waals surface area contributed by atoms with Crippen molar-refractivity contribution in [3.63, 3.8) is 0 Å². The number of hydrogen-bond acceptors (Lipinski definition) is 2. The minimum Gasteiger partial charge on any atom is -0.357 e. The topological polar surface area (TPSA) is 58.4 Å². The van der Waals surface area contributed by atoms with Crippen molar-refractivity contribution in [1.29, 1.82) is 0 Å². The fourth-order valence-electron chi connectivity index (χ4n) is 2.62. The van der Waals surface area contributed by atoms with Crippen molar-refractivity contribution < 1.29 is 0 Å². The van der Waals surface area contributed by atoms with Gasteiger partial charge in [-0.2, -0.15) is 0 Å². The lowest BCUT2D eigenvalue weighted by Gasteiger charge is -2.14. The van der Waals surface area contributed by atoms with E-state index < -0.39 is 0 Å². The Kier molecular flexibility index (Phi) is 13.6. The first-order valence-corrected chi connectivity index (χ1v) is 9.30. The lowest BCUT2D eigenvalue weighted by Crippen LogP contribution is -2.38. The van der Waals surface area contributed by atoms with Crippen LogP contribution in [0, 0.1) is 12.8 Å². The highest BCUT2D eigenvalue weighted by molar-refractivity contribution is 14.0. The number of unbranched alkanes of at least 4 members (excludes halogenated alkanes) is 1. The van der Waals surface area contributed by atoms with Gasteiger partial charge in [-0.15, -0.1) is 24.0 Å². The number of guanidine groups is 1. The van der Waals surface area contributed by atoms with Gasteiger partial charge in [-0.25, -0.2) is 0 Å². The summed E-state index contributed by atoms with van der Waals surface area (Å²) in [6, 6.07) is 5.42. The van der Waals surface area contributed by atoms with Crippen molar-refractivity contribution in [2.24, 2.45) is 10.9 Å². The van der Waals surface area contributed by atoms with Crippen LogP contribution in [0.1, 0.15) is 52.1 Å². The van der Waals surface area contributed by atoms with Crippen molar-refractivity contribution in [3.05, 3.63) is 34.2 Å². The average molecular weight is 462 g/mol. The van der Waals surface area contributed by atoms with E-state index in [2.05, 4.69) is 36.4 Å². The summed E-state index contributed by atoms with van der Waals surface area (Å²) < 4.78 is 1.84. The molecule has 1 rings (SSSR count). The molecule has 0 aliphatic heterocycles. The summed E-state index contributed by atoms with van der Waals surface area (Å²) in [7, 11) is 0. The van der Waals surface area contributed by atoms with Crippen molar-refractivity contribution in [2.75, 3.05) is 19.6 Å². The molecule has 0 saturated heterocycles. The zero-order chi connectivity index (χ0) is 17.8. The van der Waals surface area contributed by atoms with E-state index in [1.165, 1.54) is 12.8 Å². The SMILES string of the molecule is CCNC(=NCC(CC)CC)NCCCCn1c(C)cccc1=O.I. The maximum Gasteiger partial charge on any atom is 0.250 e. The van der Waals surface area contributed by atoms with Crippen molar-refractivity contribution in [2.45, 2.75) is 59.9 Å². The number of hydrogen-bond donors (Lipinski definition) is 2. The quantitative estimate of drug-likeness (QED) is 0.242. The molecule has 0 radical (unpaired) electrons. The second-order valence-electron chi connectivity index (χ2n) is 6.19. The van der Waals surface area contributed by atoms with Gasteiger partial charge in [0.2, 0.25) is 0 Å². The maximum atomic E-state index is 11.8. The third-order valence-corrected chi connectivity index (χ3v) is 4.38. The van der Waals surface area contributed by atoms with Gasteiger partial charge in [-0.05, 0) is 38.7 Å². The third kappa shape index (κ3) is 9.28. The molecular weight excluding hydrogens is 427 g/mol. The molecule has 5 nitrogen and oxygen atoms in total. The molecule has 0 fully saturated rings. The van der Waals surface area contributed by atoms with Crippen LogP contribution in [0.3, 0.4) is 0 Å². The molecule has 6 heteroatoms. The predicted molar refractivity (Wildman–Crippen MR) is 118 cm³/mol. The molecule has 2 N–H and O–H groups in total. The van der Waals surface area contributed by atoms with Gasteiger partial charge in [-0.1, -0.05) is 32.8 Å². The first-order chi connectivity index (χ1) is 11.6. The molecule has 0 unspecified atom stereocenters. The number of nitrogens with zero attached hydrogens (tertiary/aromatic N) is 2. The Hall–Kier alpha value is -1.05. The van der Waals surface area contributed by atoms with E-state index in [9.17, 15) is 4.79 Å². The Balaban J connectivity index is 0.00000576. The van der Waals surface area contributed by atoms with E-state index in [4.69, 9.17) is 0 Å². The smallest absolute Gasteiger partial charge is 0.250 e. The highest BCUT2D eigenvalue weighted by Crippen LogP contribution is 2.07. The molecule has 1 aromatic rings. The molecule has 1 heterocycles. The van der Waals surface area contributed by atoms with E-state index in [0.717, 1.165) is 50.7 Å². The number of halogens is 1. The zero-order valence-corrected chi connectivity index (χ0v) is 18.5. The van der Waals surface area contributed by atoms with Crippen molar-refractivity contribution >= 4 is 29.9 Å². The van der Waals surface area contributed by atoms with Crippen LogP contribution in [-0.4, -0.2) is 30.2 Å². The van der Waals surface area contributed by atoms with E-state index in [1.54, 1.807) is 6.07 Å². The Morgan fingerprint density at radius 2 is 1.88 bits per heavy atom. The molecule has 1 aromatic heterocycles. The van der Waals surface area contributed by atoms with Gasteiger partial charge in [0.05, 0.1) is 0 Å². The van der Waals surface area contributed by atoms with Crippen molar-refractivity contribution in [3.8, 4) is 0 Å².